The van der Waals surface area contributed by atoms with Gasteiger partial charge in [0.2, 0.25) is 0 Å². The Hall–Kier alpha value is -2.39. The van der Waals surface area contributed by atoms with Crippen molar-refractivity contribution in [1.29, 1.82) is 0 Å². The molecule has 0 aliphatic rings. The van der Waals surface area contributed by atoms with Crippen molar-refractivity contribution in [1.82, 2.24) is 14.3 Å². The molecule has 0 aliphatic heterocycles. The van der Waals surface area contributed by atoms with Crippen molar-refractivity contribution in [2.75, 3.05) is 0 Å². The molecule has 1 aromatic heterocycles. The quantitative estimate of drug-likeness (QED) is 0.256. The minimum Gasteiger partial charge on any atom is -1.00 e. The van der Waals surface area contributed by atoms with Crippen LogP contribution in [-0.4, -0.2) is 14.3 Å². The van der Waals surface area contributed by atoms with E-state index in [0.29, 0.717) is 28.0 Å². The normalized spacial score (nSPS) is 11.6. The van der Waals surface area contributed by atoms with Gasteiger partial charge in [-0.05, 0) is 0 Å². The molecule has 0 fully saturated rings. The molecule has 1 heterocycles. The largest absolute Gasteiger partial charge is 1.00 e. The molecule has 0 bridgehead atoms. The molecular weight excluding hydrogens is 525 g/mol. The van der Waals surface area contributed by atoms with Crippen LogP contribution in [0.15, 0.2) is 66.7 Å². The van der Waals surface area contributed by atoms with Gasteiger partial charge in [0.05, 0.1) is 0 Å². The summed E-state index contributed by atoms with van der Waals surface area (Å²) in [6.45, 7) is 18.0. The second-order valence-electron chi connectivity index (χ2n) is 10.9. The van der Waals surface area contributed by atoms with E-state index in [0.717, 1.165) is 17.1 Å². The van der Waals surface area contributed by atoms with Crippen LogP contribution in [0.3, 0.4) is 0 Å². The number of nitrogens with zero attached hydrogens (tertiary/aromatic N) is 3. The van der Waals surface area contributed by atoms with Crippen LogP contribution in [0.1, 0.15) is 101 Å². The maximum atomic E-state index is 6.53. The van der Waals surface area contributed by atoms with E-state index < -0.39 is 0 Å². The Labute approximate surface area is 236 Å². The molecule has 0 unspecified atom stereocenters. The van der Waals surface area contributed by atoms with Gasteiger partial charge in [0.25, 0.3) is 0 Å². The summed E-state index contributed by atoms with van der Waals surface area (Å²) < 4.78 is 4.93. The third-order valence-corrected chi connectivity index (χ3v) is 7.29. The summed E-state index contributed by atoms with van der Waals surface area (Å²) in [5.74, 6) is 2.26. The third kappa shape index (κ3) is 5.58. The van der Waals surface area contributed by atoms with Crippen LogP contribution < -0.4 is 12.4 Å². The predicted molar refractivity (Wildman–Crippen MR) is 148 cm³/mol. The molecule has 4 rings (SSSR count). The summed E-state index contributed by atoms with van der Waals surface area (Å²) in [5.41, 5.74) is 8.43. The fourth-order valence-electron chi connectivity index (χ4n) is 4.97. The summed E-state index contributed by atoms with van der Waals surface area (Å²) in [5, 5.41) is 5.28. The zero-order valence-corrected chi connectivity index (χ0v) is 24.9. The molecule has 0 radical (unpaired) electrons. The summed E-state index contributed by atoms with van der Waals surface area (Å²) in [6, 6.07) is 23.7. The first kappa shape index (κ1) is 29.2. The van der Waals surface area contributed by atoms with Crippen LogP contribution in [0, 0.1) is 4.32 Å². The van der Waals surface area contributed by atoms with Gasteiger partial charge >= 0.3 is 225 Å². The summed E-state index contributed by atoms with van der Waals surface area (Å²) in [4.78, 5) is 0. The van der Waals surface area contributed by atoms with E-state index in [2.05, 4.69) is 121 Å². The first-order chi connectivity index (χ1) is 17.1. The molecule has 0 saturated carbocycles. The first-order valence-electron chi connectivity index (χ1n) is 13.1. The zero-order valence-electron chi connectivity index (χ0n) is 23.2. The van der Waals surface area contributed by atoms with Gasteiger partial charge in [-0.1, -0.05) is 0 Å². The molecule has 4 aromatic rings. The van der Waals surface area contributed by atoms with E-state index in [1.165, 1.54) is 27.9 Å². The number of halogens is 1. The van der Waals surface area contributed by atoms with Crippen molar-refractivity contribution in [3.63, 3.8) is 0 Å². The minimum atomic E-state index is 0. The second kappa shape index (κ2) is 12.0. The Kier molecular flexibility index (Phi) is 9.45. The Morgan fingerprint density at radius 3 is 1.38 bits per heavy atom. The molecule has 201 valence electrons. The number of rotatable bonds is 7. The van der Waals surface area contributed by atoms with E-state index in [9.17, 15) is 0 Å². The van der Waals surface area contributed by atoms with Crippen molar-refractivity contribution in [3.05, 3.63) is 93.3 Å². The van der Waals surface area contributed by atoms with E-state index in [1.807, 2.05) is 10.7 Å². The molecule has 0 aliphatic carbocycles. The van der Waals surface area contributed by atoms with Crippen LogP contribution in [0.4, 0.5) is 0 Å². The standard InChI is InChI=1S/C32H39N3.ClH.Cu/c1-21(2)26-16-12-17-27(22(3)4)30(26)34-20-35(33-32(34)25-14-10-9-11-15-25)31-28(23(5)6)18-13-19-29(31)24(7)8;;/h9-19,21-24H,1-8H3;1H;/p-1. The maximum Gasteiger partial charge on any atom is -1.00 e. The van der Waals surface area contributed by atoms with Gasteiger partial charge in [0.15, 0.2) is 0 Å². The Balaban J connectivity index is 0.00000380. The van der Waals surface area contributed by atoms with Gasteiger partial charge in [-0.25, -0.2) is 0 Å². The Morgan fingerprint density at radius 1 is 0.568 bits per heavy atom. The van der Waals surface area contributed by atoms with Crippen molar-refractivity contribution in [3.8, 4) is 22.8 Å². The Bertz CT molecular complexity index is 1360. The van der Waals surface area contributed by atoms with Gasteiger partial charge in [-0.15, -0.1) is 0 Å². The zero-order chi connectivity index (χ0) is 26.1. The van der Waals surface area contributed by atoms with Crippen molar-refractivity contribution >= 4 is 0 Å². The summed E-state index contributed by atoms with van der Waals surface area (Å²) in [7, 11) is 0. The fourth-order valence-corrected chi connectivity index (χ4v) is 5.33. The van der Waals surface area contributed by atoms with Gasteiger partial charge in [0.1, 0.15) is 0 Å². The molecule has 0 atom stereocenters. The van der Waals surface area contributed by atoms with Gasteiger partial charge < -0.3 is 12.4 Å². The summed E-state index contributed by atoms with van der Waals surface area (Å²) >= 11 is 6.53. The molecule has 0 amide bonds. The van der Waals surface area contributed by atoms with Crippen LogP contribution in [0.5, 0.6) is 0 Å². The molecule has 0 saturated heterocycles. The molecule has 37 heavy (non-hydrogen) atoms. The number of hydrogen-bond acceptors (Lipinski definition) is 1. The van der Waals surface area contributed by atoms with Crippen LogP contribution in [0.2, 0.25) is 0 Å². The SMILES string of the molecule is CC(C)c1cccc(C(C)C)c1-n1nc(-c2ccccc2)n(-c2c(C(C)C)cccc2C(C)C)[c]1=[Cu].[Cl-]. The van der Waals surface area contributed by atoms with E-state index >= 15 is 0 Å². The monoisotopic (exact) mass is 563 g/mol. The molecule has 3 aromatic carbocycles. The van der Waals surface area contributed by atoms with Gasteiger partial charge in [-0.3, -0.25) is 0 Å². The third-order valence-electron chi connectivity index (χ3n) is 6.88. The number of hydrogen-bond donors (Lipinski definition) is 0. The van der Waals surface area contributed by atoms with E-state index in [-0.39, 0.29) is 12.4 Å². The fraction of sp³-hybridized carbons (Fsp3) is 0.375. The first-order valence-corrected chi connectivity index (χ1v) is 13.6. The maximum absolute atomic E-state index is 6.53. The number of benzene rings is 3. The van der Waals surface area contributed by atoms with Gasteiger partial charge in [0, 0.05) is 0 Å². The predicted octanol–water partition coefficient (Wildman–Crippen LogP) is 5.91. The number of para-hydroxylation sites is 2. The molecule has 0 N–H and O–H groups in total. The Morgan fingerprint density at radius 2 is 0.973 bits per heavy atom. The van der Waals surface area contributed by atoms with E-state index in [4.69, 9.17) is 20.7 Å². The minimum absolute atomic E-state index is 0. The smallest absolute Gasteiger partial charge is 1.00 e. The van der Waals surface area contributed by atoms with Crippen molar-refractivity contribution < 1.29 is 28.0 Å². The van der Waals surface area contributed by atoms with Crippen LogP contribution >= 0.6 is 0 Å². The van der Waals surface area contributed by atoms with Crippen LogP contribution in [-0.2, 0) is 15.6 Å². The van der Waals surface area contributed by atoms with Crippen molar-refractivity contribution in [2.24, 2.45) is 0 Å². The average molecular weight is 565 g/mol. The topological polar surface area (TPSA) is 22.8 Å². The van der Waals surface area contributed by atoms with Gasteiger partial charge in [-0.2, -0.15) is 0 Å². The molecule has 0 spiro atoms. The number of aromatic nitrogens is 3. The molecular formula is C32H39ClCuN3-. The average Bonchev–Trinajstić information content (AvgIpc) is 3.19. The van der Waals surface area contributed by atoms with Crippen LogP contribution in [0.25, 0.3) is 22.8 Å². The summed E-state index contributed by atoms with van der Waals surface area (Å²) in [6.07, 6.45) is 0. The van der Waals surface area contributed by atoms with E-state index in [1.54, 1.807) is 0 Å². The molecule has 5 heteroatoms. The van der Waals surface area contributed by atoms with Crippen molar-refractivity contribution in [2.45, 2.75) is 79.1 Å². The second-order valence-corrected chi connectivity index (χ2v) is 11.3. The molecule has 3 nitrogen and oxygen atoms in total.